The Kier molecular flexibility index (Phi) is 8.16. The molecule has 1 atom stereocenters. The highest BCUT2D eigenvalue weighted by atomic mass is 16.2. The topological polar surface area (TPSA) is 93.4 Å². The molecular weight excluding hydrogens is 500 g/mol. The SMILES string of the molecule is C[C@H]1CCCN1Cc1nc2ccc(NC(=O)c3ccc(C4CCN(C(=O)CC5CCNCC5)CC4)cc3)cc2[nH]1. The third-order valence-corrected chi connectivity index (χ3v) is 9.25. The molecule has 0 radical (unpaired) electrons. The third kappa shape index (κ3) is 6.23. The predicted molar refractivity (Wildman–Crippen MR) is 158 cm³/mol. The standard InChI is InChI=1S/C32H42N6O2/c1-22-3-2-16-38(22)21-30-35-28-9-8-27(20-29(28)36-30)34-32(40)26-6-4-24(5-7-26)25-12-17-37(18-13-25)31(39)19-23-10-14-33-15-11-23/h4-9,20,22-23,25,33H,2-3,10-19,21H2,1H3,(H,34,40)(H,35,36)/t22-/m0/s1. The third-order valence-electron chi connectivity index (χ3n) is 9.25. The van der Waals surface area contributed by atoms with Gasteiger partial charge in [0.1, 0.15) is 5.82 Å². The number of likely N-dealkylation sites (tertiary alicyclic amines) is 2. The summed E-state index contributed by atoms with van der Waals surface area (Å²) in [6, 6.07) is 14.4. The first-order valence-corrected chi connectivity index (χ1v) is 15.1. The van der Waals surface area contributed by atoms with Crippen LogP contribution in [-0.2, 0) is 11.3 Å². The molecule has 212 valence electrons. The fraction of sp³-hybridized carbons (Fsp3) is 0.531. The van der Waals surface area contributed by atoms with Gasteiger partial charge in [-0.3, -0.25) is 14.5 Å². The Morgan fingerprint density at radius 3 is 2.48 bits per heavy atom. The summed E-state index contributed by atoms with van der Waals surface area (Å²) >= 11 is 0. The lowest BCUT2D eigenvalue weighted by Crippen LogP contribution is -2.39. The highest BCUT2D eigenvalue weighted by Crippen LogP contribution is 2.30. The number of carbonyl (C=O) groups is 2. The van der Waals surface area contributed by atoms with Crippen LogP contribution in [-0.4, -0.2) is 70.3 Å². The second-order valence-corrected chi connectivity index (χ2v) is 12.0. The molecule has 0 spiro atoms. The predicted octanol–water partition coefficient (Wildman–Crippen LogP) is 4.90. The zero-order chi connectivity index (χ0) is 27.5. The number of nitrogens with one attached hydrogen (secondary N) is 3. The molecule has 0 bridgehead atoms. The van der Waals surface area contributed by atoms with Gasteiger partial charge in [0.2, 0.25) is 5.91 Å². The summed E-state index contributed by atoms with van der Waals surface area (Å²) in [5, 5.41) is 6.42. The number of imidazole rings is 1. The number of fused-ring (bicyclic) bond motifs is 1. The summed E-state index contributed by atoms with van der Waals surface area (Å²) in [4.78, 5) is 38.5. The van der Waals surface area contributed by atoms with Crippen LogP contribution in [0.3, 0.4) is 0 Å². The van der Waals surface area contributed by atoms with Gasteiger partial charge in [-0.2, -0.15) is 0 Å². The van der Waals surface area contributed by atoms with Crippen molar-refractivity contribution in [1.29, 1.82) is 0 Å². The Labute approximate surface area is 236 Å². The lowest BCUT2D eigenvalue weighted by Gasteiger charge is -2.33. The average Bonchev–Trinajstić information content (AvgIpc) is 3.58. The minimum absolute atomic E-state index is 0.116. The van der Waals surface area contributed by atoms with Crippen molar-refractivity contribution in [3.05, 3.63) is 59.4 Å². The Bertz CT molecular complexity index is 1320. The summed E-state index contributed by atoms with van der Waals surface area (Å²) in [7, 11) is 0. The molecule has 3 aliphatic rings. The molecule has 3 fully saturated rings. The van der Waals surface area contributed by atoms with E-state index in [1.807, 2.05) is 30.3 Å². The number of rotatable bonds is 7. The number of nitrogens with zero attached hydrogens (tertiary/aromatic N) is 3. The van der Waals surface area contributed by atoms with Crippen molar-refractivity contribution in [2.24, 2.45) is 5.92 Å². The molecule has 0 aliphatic carbocycles. The monoisotopic (exact) mass is 542 g/mol. The second kappa shape index (κ2) is 12.1. The van der Waals surface area contributed by atoms with E-state index in [1.54, 1.807) is 0 Å². The number of aromatic nitrogens is 2. The molecular formula is C32H42N6O2. The molecule has 0 unspecified atom stereocenters. The number of hydrogen-bond donors (Lipinski definition) is 3. The van der Waals surface area contributed by atoms with Crippen LogP contribution in [0, 0.1) is 5.92 Å². The van der Waals surface area contributed by atoms with Gasteiger partial charge >= 0.3 is 0 Å². The maximum absolute atomic E-state index is 13.0. The lowest BCUT2D eigenvalue weighted by atomic mass is 9.88. The van der Waals surface area contributed by atoms with E-state index in [0.29, 0.717) is 35.8 Å². The fourth-order valence-electron chi connectivity index (χ4n) is 6.67. The van der Waals surface area contributed by atoms with Crippen molar-refractivity contribution in [3.8, 4) is 0 Å². The van der Waals surface area contributed by atoms with Crippen LogP contribution < -0.4 is 10.6 Å². The van der Waals surface area contributed by atoms with Gasteiger partial charge in [0, 0.05) is 36.8 Å². The van der Waals surface area contributed by atoms with E-state index in [4.69, 9.17) is 4.98 Å². The van der Waals surface area contributed by atoms with Gasteiger partial charge in [0.05, 0.1) is 17.6 Å². The molecule has 3 aliphatic heterocycles. The van der Waals surface area contributed by atoms with Crippen LogP contribution in [0.2, 0.25) is 0 Å². The lowest BCUT2D eigenvalue weighted by molar-refractivity contribution is -0.133. The first-order chi connectivity index (χ1) is 19.5. The fourth-order valence-corrected chi connectivity index (χ4v) is 6.67. The van der Waals surface area contributed by atoms with Gasteiger partial charge in [0.25, 0.3) is 5.91 Å². The quantitative estimate of drug-likeness (QED) is 0.395. The molecule has 40 heavy (non-hydrogen) atoms. The second-order valence-electron chi connectivity index (χ2n) is 12.0. The molecule has 8 nitrogen and oxygen atoms in total. The molecule has 3 saturated heterocycles. The Hall–Kier alpha value is -3.23. The van der Waals surface area contributed by atoms with Crippen LogP contribution in [0.4, 0.5) is 5.69 Å². The zero-order valence-electron chi connectivity index (χ0n) is 23.6. The van der Waals surface area contributed by atoms with Crippen LogP contribution in [0.25, 0.3) is 11.0 Å². The van der Waals surface area contributed by atoms with Gasteiger partial charge in [0.15, 0.2) is 0 Å². The van der Waals surface area contributed by atoms with E-state index in [2.05, 4.69) is 44.5 Å². The molecule has 3 N–H and O–H groups in total. The van der Waals surface area contributed by atoms with E-state index in [-0.39, 0.29) is 5.91 Å². The maximum atomic E-state index is 13.0. The molecule has 2 aromatic carbocycles. The van der Waals surface area contributed by atoms with E-state index in [1.165, 1.54) is 18.4 Å². The summed E-state index contributed by atoms with van der Waals surface area (Å²) in [5.74, 6) is 2.14. The van der Waals surface area contributed by atoms with Crippen molar-refractivity contribution >= 4 is 28.5 Å². The maximum Gasteiger partial charge on any atom is 0.255 e. The van der Waals surface area contributed by atoms with Gasteiger partial charge < -0.3 is 20.5 Å². The normalized spacial score (nSPS) is 21.2. The number of benzene rings is 2. The van der Waals surface area contributed by atoms with E-state index < -0.39 is 0 Å². The van der Waals surface area contributed by atoms with Crippen LogP contribution >= 0.6 is 0 Å². The summed E-state index contributed by atoms with van der Waals surface area (Å²) in [5.41, 5.74) is 4.51. The number of amides is 2. The summed E-state index contributed by atoms with van der Waals surface area (Å²) < 4.78 is 0. The molecule has 1 aromatic heterocycles. The number of aromatic amines is 1. The van der Waals surface area contributed by atoms with Crippen LogP contribution in [0.1, 0.15) is 79.5 Å². The highest BCUT2D eigenvalue weighted by molar-refractivity contribution is 6.05. The molecule has 0 saturated carbocycles. The highest BCUT2D eigenvalue weighted by Gasteiger charge is 2.26. The number of carbonyl (C=O) groups excluding carboxylic acids is 2. The molecule has 4 heterocycles. The molecule has 6 rings (SSSR count). The van der Waals surface area contributed by atoms with Gasteiger partial charge in [-0.1, -0.05) is 12.1 Å². The van der Waals surface area contributed by atoms with Gasteiger partial charge in [-0.25, -0.2) is 4.98 Å². The van der Waals surface area contributed by atoms with E-state index >= 15 is 0 Å². The van der Waals surface area contributed by atoms with Crippen LogP contribution in [0.5, 0.6) is 0 Å². The number of hydrogen-bond acceptors (Lipinski definition) is 5. The summed E-state index contributed by atoms with van der Waals surface area (Å²) in [6.07, 6.45) is 7.37. The van der Waals surface area contributed by atoms with Crippen molar-refractivity contribution < 1.29 is 9.59 Å². The average molecular weight is 543 g/mol. The van der Waals surface area contributed by atoms with E-state index in [0.717, 1.165) is 87.5 Å². The van der Waals surface area contributed by atoms with Crippen molar-refractivity contribution in [1.82, 2.24) is 25.1 Å². The van der Waals surface area contributed by atoms with Crippen LogP contribution in [0.15, 0.2) is 42.5 Å². The van der Waals surface area contributed by atoms with Crippen molar-refractivity contribution in [3.63, 3.8) is 0 Å². The van der Waals surface area contributed by atoms with Gasteiger partial charge in [-0.05, 0) is 113 Å². The smallest absolute Gasteiger partial charge is 0.255 e. The Balaban J connectivity index is 1.01. The number of H-pyrrole nitrogens is 1. The largest absolute Gasteiger partial charge is 0.343 e. The molecule has 2 amide bonds. The Morgan fingerprint density at radius 1 is 0.975 bits per heavy atom. The summed E-state index contributed by atoms with van der Waals surface area (Å²) in [6.45, 7) is 7.95. The van der Waals surface area contributed by atoms with Crippen molar-refractivity contribution in [2.45, 2.75) is 70.4 Å². The number of piperidine rings is 2. The molecule has 8 heteroatoms. The van der Waals surface area contributed by atoms with E-state index in [9.17, 15) is 9.59 Å². The molecule has 3 aromatic rings. The Morgan fingerprint density at radius 2 is 1.75 bits per heavy atom. The van der Waals surface area contributed by atoms with Crippen molar-refractivity contribution in [2.75, 3.05) is 38.0 Å². The minimum atomic E-state index is -0.116. The number of anilines is 1. The minimum Gasteiger partial charge on any atom is -0.343 e. The zero-order valence-corrected chi connectivity index (χ0v) is 23.6. The first-order valence-electron chi connectivity index (χ1n) is 15.1. The first kappa shape index (κ1) is 27.0. The van der Waals surface area contributed by atoms with Gasteiger partial charge in [-0.15, -0.1) is 0 Å².